The van der Waals surface area contributed by atoms with Crippen molar-refractivity contribution >= 4 is 10.9 Å². The summed E-state index contributed by atoms with van der Waals surface area (Å²) in [7, 11) is -0.257. The van der Waals surface area contributed by atoms with Gasteiger partial charge in [-0.05, 0) is 52.8 Å². The molecule has 1 heterocycles. The Balaban J connectivity index is 2.45. The van der Waals surface area contributed by atoms with Crippen molar-refractivity contribution in [3.8, 4) is 5.75 Å². The topological polar surface area (TPSA) is 20.2 Å². The van der Waals surface area contributed by atoms with Crippen LogP contribution in [0.3, 0.4) is 0 Å². The number of hydrogen-bond acceptors (Lipinski definition) is 1. The van der Waals surface area contributed by atoms with Crippen molar-refractivity contribution in [1.82, 2.24) is 0 Å². The van der Waals surface area contributed by atoms with Crippen molar-refractivity contribution in [2.24, 2.45) is 0 Å². The molecule has 0 unspecified atom stereocenters. The smallest absolute Gasteiger partial charge is 0.121 e. The molecular weight excluding hydrogens is 192 g/mol. The molecule has 14 heavy (non-hydrogen) atoms. The van der Waals surface area contributed by atoms with E-state index in [1.54, 1.807) is 0 Å². The van der Waals surface area contributed by atoms with Gasteiger partial charge < -0.3 is 5.11 Å². The van der Waals surface area contributed by atoms with E-state index in [0.717, 1.165) is 11.1 Å². The van der Waals surface area contributed by atoms with Crippen LogP contribution in [-0.2, 0) is 0 Å². The third kappa shape index (κ3) is 1.58. The Labute approximate surface area is 87.1 Å². The number of rotatable bonds is 1. The Morgan fingerprint density at radius 3 is 2.00 bits per heavy atom. The molecule has 0 amide bonds. The zero-order valence-electron chi connectivity index (χ0n) is 8.36. The number of phenolic OH excluding ortho intramolecular Hbond substituents is 1. The van der Waals surface area contributed by atoms with Gasteiger partial charge in [-0.2, -0.15) is 10.9 Å². The average Bonchev–Trinajstić information content (AvgIpc) is 2.66. The molecule has 0 saturated carbocycles. The highest BCUT2D eigenvalue weighted by Crippen LogP contribution is 2.43. The SMILES string of the molecule is Cc1cc([SH]2C=CC=C2)cc(C)c1O. The third-order valence-electron chi connectivity index (χ3n) is 2.38. The highest BCUT2D eigenvalue weighted by molar-refractivity contribution is 8.22. The summed E-state index contributed by atoms with van der Waals surface area (Å²) in [6.07, 6.45) is 4.17. The van der Waals surface area contributed by atoms with Crippen molar-refractivity contribution in [2.75, 3.05) is 0 Å². The Morgan fingerprint density at radius 1 is 1.00 bits per heavy atom. The Hall–Kier alpha value is -1.15. The molecule has 2 heteroatoms. The second-order valence-electron chi connectivity index (χ2n) is 3.52. The molecule has 1 aromatic rings. The third-order valence-corrected chi connectivity index (χ3v) is 4.22. The number of allylic oxidation sites excluding steroid dienone is 2. The summed E-state index contributed by atoms with van der Waals surface area (Å²) in [4.78, 5) is 1.32. The molecule has 1 aliphatic heterocycles. The molecule has 2 rings (SSSR count). The Morgan fingerprint density at radius 2 is 1.50 bits per heavy atom. The zero-order valence-corrected chi connectivity index (χ0v) is 9.25. The fourth-order valence-electron chi connectivity index (χ4n) is 1.59. The van der Waals surface area contributed by atoms with Crippen LogP contribution in [0.1, 0.15) is 11.1 Å². The van der Waals surface area contributed by atoms with Crippen molar-refractivity contribution in [2.45, 2.75) is 18.7 Å². The number of aryl methyl sites for hydroxylation is 2. The van der Waals surface area contributed by atoms with Crippen molar-refractivity contribution < 1.29 is 5.11 Å². The van der Waals surface area contributed by atoms with Crippen LogP contribution in [0.2, 0.25) is 0 Å². The minimum Gasteiger partial charge on any atom is -0.507 e. The van der Waals surface area contributed by atoms with Gasteiger partial charge in [0, 0.05) is 0 Å². The maximum atomic E-state index is 9.64. The standard InChI is InChI=1S/C12H14OS/c1-9-7-11(8-10(2)12(9)13)14-5-3-4-6-14/h3-8,13-14H,1-2H3. The molecule has 0 aliphatic carbocycles. The lowest BCUT2D eigenvalue weighted by Crippen LogP contribution is -1.84. The normalized spacial score (nSPS) is 16.6. The maximum Gasteiger partial charge on any atom is 0.121 e. The van der Waals surface area contributed by atoms with Gasteiger partial charge in [-0.15, -0.1) is 0 Å². The lowest BCUT2D eigenvalue weighted by Gasteiger charge is -2.13. The molecule has 0 radical (unpaired) electrons. The fourth-order valence-corrected chi connectivity index (χ4v) is 3.29. The predicted molar refractivity (Wildman–Crippen MR) is 63.1 cm³/mol. The molecule has 0 saturated heterocycles. The van der Waals surface area contributed by atoms with Crippen LogP contribution in [0.25, 0.3) is 0 Å². The predicted octanol–water partition coefficient (Wildman–Crippen LogP) is 3.41. The molecule has 74 valence electrons. The quantitative estimate of drug-likeness (QED) is 0.675. The summed E-state index contributed by atoms with van der Waals surface area (Å²) in [6.45, 7) is 3.90. The van der Waals surface area contributed by atoms with E-state index in [1.807, 2.05) is 13.8 Å². The summed E-state index contributed by atoms with van der Waals surface area (Å²) in [6, 6.07) is 4.15. The van der Waals surface area contributed by atoms with E-state index in [2.05, 4.69) is 35.1 Å². The zero-order chi connectivity index (χ0) is 10.1. The first-order chi connectivity index (χ1) is 6.68. The first-order valence-electron chi connectivity index (χ1n) is 4.62. The largest absolute Gasteiger partial charge is 0.507 e. The van der Waals surface area contributed by atoms with Crippen LogP contribution in [0.4, 0.5) is 0 Å². The molecule has 1 aliphatic rings. The van der Waals surface area contributed by atoms with Crippen molar-refractivity contribution in [3.63, 3.8) is 0 Å². The van der Waals surface area contributed by atoms with Gasteiger partial charge in [0.15, 0.2) is 0 Å². The Kier molecular flexibility index (Phi) is 2.38. The van der Waals surface area contributed by atoms with E-state index in [9.17, 15) is 5.11 Å². The van der Waals surface area contributed by atoms with Crippen LogP contribution >= 0.6 is 10.9 Å². The number of benzene rings is 1. The van der Waals surface area contributed by atoms with Crippen LogP contribution in [0, 0.1) is 13.8 Å². The first kappa shape index (κ1) is 9.41. The van der Waals surface area contributed by atoms with Gasteiger partial charge in [0.25, 0.3) is 0 Å². The maximum absolute atomic E-state index is 9.64. The molecular formula is C12H14OS. The molecule has 0 spiro atoms. The second kappa shape index (κ2) is 3.54. The summed E-state index contributed by atoms with van der Waals surface area (Å²) in [5.41, 5.74) is 1.94. The Bertz CT molecular complexity index is 383. The molecule has 0 atom stereocenters. The molecule has 0 bridgehead atoms. The number of phenols is 1. The molecule has 1 aromatic carbocycles. The minimum atomic E-state index is -0.257. The van der Waals surface area contributed by atoms with Gasteiger partial charge in [-0.25, -0.2) is 0 Å². The van der Waals surface area contributed by atoms with E-state index in [0.29, 0.717) is 5.75 Å². The molecule has 0 aromatic heterocycles. The van der Waals surface area contributed by atoms with E-state index >= 15 is 0 Å². The number of aromatic hydroxyl groups is 1. The molecule has 1 nitrogen and oxygen atoms in total. The van der Waals surface area contributed by atoms with Crippen LogP contribution in [0.15, 0.2) is 40.0 Å². The van der Waals surface area contributed by atoms with Crippen LogP contribution in [-0.4, -0.2) is 5.11 Å². The average molecular weight is 206 g/mol. The number of thiol groups is 1. The summed E-state index contributed by atoms with van der Waals surface area (Å²) in [5.74, 6) is 0.427. The highest BCUT2D eigenvalue weighted by Gasteiger charge is 2.07. The van der Waals surface area contributed by atoms with Gasteiger partial charge >= 0.3 is 0 Å². The summed E-state index contributed by atoms with van der Waals surface area (Å²) >= 11 is 0. The van der Waals surface area contributed by atoms with Gasteiger partial charge in [0.05, 0.1) is 0 Å². The fraction of sp³-hybridized carbons (Fsp3) is 0.167. The summed E-state index contributed by atoms with van der Waals surface area (Å²) in [5, 5.41) is 14.1. The van der Waals surface area contributed by atoms with E-state index in [-0.39, 0.29) is 10.9 Å². The summed E-state index contributed by atoms with van der Waals surface area (Å²) < 4.78 is 0. The molecule has 0 fully saturated rings. The van der Waals surface area contributed by atoms with Gasteiger partial charge in [-0.1, -0.05) is 12.2 Å². The van der Waals surface area contributed by atoms with Gasteiger partial charge in [-0.3, -0.25) is 0 Å². The first-order valence-corrected chi connectivity index (χ1v) is 6.10. The van der Waals surface area contributed by atoms with Crippen molar-refractivity contribution in [1.29, 1.82) is 0 Å². The lowest BCUT2D eigenvalue weighted by atomic mass is 10.1. The highest BCUT2D eigenvalue weighted by atomic mass is 32.2. The van der Waals surface area contributed by atoms with Crippen LogP contribution < -0.4 is 0 Å². The second-order valence-corrected chi connectivity index (χ2v) is 5.45. The monoisotopic (exact) mass is 206 g/mol. The van der Waals surface area contributed by atoms with E-state index in [1.165, 1.54) is 4.90 Å². The van der Waals surface area contributed by atoms with Crippen LogP contribution in [0.5, 0.6) is 5.75 Å². The minimum absolute atomic E-state index is 0.257. The van der Waals surface area contributed by atoms with Gasteiger partial charge in [0.1, 0.15) is 5.75 Å². The van der Waals surface area contributed by atoms with E-state index < -0.39 is 0 Å². The van der Waals surface area contributed by atoms with Crippen molar-refractivity contribution in [3.05, 3.63) is 46.2 Å². The lowest BCUT2D eigenvalue weighted by molar-refractivity contribution is 0.466. The molecule has 1 N–H and O–H groups in total. The number of hydrogen-bond donors (Lipinski definition) is 2. The van der Waals surface area contributed by atoms with Gasteiger partial charge in [0.2, 0.25) is 0 Å². The van der Waals surface area contributed by atoms with E-state index in [4.69, 9.17) is 0 Å².